The van der Waals surface area contributed by atoms with E-state index in [1.54, 1.807) is 6.07 Å². The van der Waals surface area contributed by atoms with Crippen LogP contribution in [-0.2, 0) is 9.59 Å². The molecule has 22 heavy (non-hydrogen) atoms. The van der Waals surface area contributed by atoms with Crippen LogP contribution in [0.4, 0.5) is 0 Å². The van der Waals surface area contributed by atoms with Crippen LogP contribution in [0.1, 0.15) is 37.2 Å². The van der Waals surface area contributed by atoms with Gasteiger partial charge in [-0.1, -0.05) is 29.3 Å². The topological polar surface area (TPSA) is 58.2 Å². The number of hydrogen-bond acceptors (Lipinski definition) is 2. The first-order valence-electron chi connectivity index (χ1n) is 7.59. The summed E-state index contributed by atoms with van der Waals surface area (Å²) in [6.07, 6.45) is 3.41. The minimum atomic E-state index is -0.398. The van der Waals surface area contributed by atoms with Crippen LogP contribution in [0.5, 0.6) is 0 Å². The predicted octanol–water partition coefficient (Wildman–Crippen LogP) is 2.88. The van der Waals surface area contributed by atoms with E-state index < -0.39 is 6.04 Å². The number of benzene rings is 1. The number of carbonyl (C=O) groups is 2. The van der Waals surface area contributed by atoms with E-state index in [9.17, 15) is 9.59 Å². The Kier molecular flexibility index (Phi) is 4.59. The van der Waals surface area contributed by atoms with Gasteiger partial charge >= 0.3 is 0 Å². The van der Waals surface area contributed by atoms with Crippen molar-refractivity contribution < 1.29 is 9.59 Å². The molecule has 1 aliphatic heterocycles. The average Bonchev–Trinajstić information content (AvgIpc) is 3.29. The lowest BCUT2D eigenvalue weighted by Gasteiger charge is -2.15. The van der Waals surface area contributed by atoms with Crippen molar-refractivity contribution in [1.82, 2.24) is 10.6 Å². The van der Waals surface area contributed by atoms with Gasteiger partial charge in [0.2, 0.25) is 11.8 Å². The van der Waals surface area contributed by atoms with Crippen molar-refractivity contribution >= 4 is 35.0 Å². The molecule has 4 nitrogen and oxygen atoms in total. The molecular weight excluding hydrogens is 323 g/mol. The molecule has 3 rings (SSSR count). The lowest BCUT2D eigenvalue weighted by molar-refractivity contribution is -0.129. The van der Waals surface area contributed by atoms with E-state index in [0.717, 1.165) is 24.8 Å². The molecule has 2 aliphatic rings. The monoisotopic (exact) mass is 340 g/mol. The van der Waals surface area contributed by atoms with E-state index in [-0.39, 0.29) is 23.7 Å². The summed E-state index contributed by atoms with van der Waals surface area (Å²) in [5.41, 5.74) is 1.03. The fraction of sp³-hybridized carbons (Fsp3) is 0.500. The van der Waals surface area contributed by atoms with Gasteiger partial charge in [0.15, 0.2) is 0 Å². The third-order valence-corrected chi connectivity index (χ3v) is 5.09. The summed E-state index contributed by atoms with van der Waals surface area (Å²) >= 11 is 11.9. The maximum absolute atomic E-state index is 12.3. The van der Waals surface area contributed by atoms with Gasteiger partial charge in [-0.05, 0) is 49.3 Å². The summed E-state index contributed by atoms with van der Waals surface area (Å²) in [6.45, 7) is 0.695. The van der Waals surface area contributed by atoms with Gasteiger partial charge in [-0.2, -0.15) is 0 Å². The Morgan fingerprint density at radius 3 is 2.82 bits per heavy atom. The summed E-state index contributed by atoms with van der Waals surface area (Å²) < 4.78 is 0. The van der Waals surface area contributed by atoms with Crippen molar-refractivity contribution in [3.63, 3.8) is 0 Å². The number of carbonyl (C=O) groups excluding carboxylic acids is 2. The van der Waals surface area contributed by atoms with Crippen molar-refractivity contribution in [3.05, 3.63) is 33.8 Å². The maximum atomic E-state index is 12.3. The molecular formula is C16H18Cl2N2O2. The molecule has 118 valence electrons. The largest absolute Gasteiger partial charge is 0.354 e. The molecule has 0 spiro atoms. The second kappa shape index (κ2) is 6.47. The van der Waals surface area contributed by atoms with Gasteiger partial charge in [0.1, 0.15) is 6.04 Å². The van der Waals surface area contributed by atoms with Gasteiger partial charge in [0, 0.05) is 12.5 Å². The third-order valence-electron chi connectivity index (χ3n) is 4.35. The zero-order chi connectivity index (χ0) is 15.7. The van der Waals surface area contributed by atoms with E-state index in [1.807, 2.05) is 12.1 Å². The fourth-order valence-electron chi connectivity index (χ4n) is 2.95. The highest BCUT2D eigenvalue weighted by Crippen LogP contribution is 2.48. The first kappa shape index (κ1) is 15.6. The fourth-order valence-corrected chi connectivity index (χ4v) is 3.26. The molecule has 0 bridgehead atoms. The van der Waals surface area contributed by atoms with E-state index in [1.165, 1.54) is 0 Å². The molecule has 0 aromatic heterocycles. The minimum absolute atomic E-state index is 0.0434. The van der Waals surface area contributed by atoms with E-state index in [4.69, 9.17) is 23.2 Å². The van der Waals surface area contributed by atoms with Crippen LogP contribution < -0.4 is 10.6 Å². The standard InChI is InChI=1S/C16H18Cl2N2O2/c17-12-5-4-9(7-13(12)18)10-8-11(10)15(21)20-14-3-1-2-6-19-16(14)22/h4-5,7,10-11,14H,1-3,6,8H2,(H,19,22)(H,20,21)/t10-,11-,14-/m0/s1. The van der Waals surface area contributed by atoms with Crippen LogP contribution in [-0.4, -0.2) is 24.4 Å². The van der Waals surface area contributed by atoms with Gasteiger partial charge in [-0.3, -0.25) is 9.59 Å². The summed E-state index contributed by atoms with van der Waals surface area (Å²) in [6, 6.07) is 5.08. The van der Waals surface area contributed by atoms with Gasteiger partial charge in [-0.15, -0.1) is 0 Å². The highest BCUT2D eigenvalue weighted by atomic mass is 35.5. The van der Waals surface area contributed by atoms with Gasteiger partial charge in [0.25, 0.3) is 0 Å². The number of amides is 2. The van der Waals surface area contributed by atoms with Crippen molar-refractivity contribution in [1.29, 1.82) is 0 Å². The number of nitrogens with one attached hydrogen (secondary N) is 2. The first-order valence-corrected chi connectivity index (χ1v) is 8.35. The molecule has 6 heteroatoms. The van der Waals surface area contributed by atoms with Crippen molar-refractivity contribution in [2.24, 2.45) is 5.92 Å². The molecule has 1 heterocycles. The van der Waals surface area contributed by atoms with Gasteiger partial charge in [0.05, 0.1) is 10.0 Å². The number of rotatable bonds is 3. The van der Waals surface area contributed by atoms with E-state index in [0.29, 0.717) is 23.0 Å². The molecule has 1 saturated carbocycles. The maximum Gasteiger partial charge on any atom is 0.242 e. The summed E-state index contributed by atoms with van der Waals surface area (Å²) in [7, 11) is 0. The highest BCUT2D eigenvalue weighted by molar-refractivity contribution is 6.42. The van der Waals surface area contributed by atoms with Crippen molar-refractivity contribution in [3.8, 4) is 0 Å². The number of halogens is 2. The van der Waals surface area contributed by atoms with Crippen LogP contribution in [0.2, 0.25) is 10.0 Å². The van der Waals surface area contributed by atoms with Crippen LogP contribution >= 0.6 is 23.2 Å². The molecule has 0 radical (unpaired) electrons. The zero-order valence-electron chi connectivity index (χ0n) is 12.1. The third kappa shape index (κ3) is 3.39. The first-order chi connectivity index (χ1) is 10.6. The smallest absolute Gasteiger partial charge is 0.242 e. The highest BCUT2D eigenvalue weighted by Gasteiger charge is 2.45. The minimum Gasteiger partial charge on any atom is -0.354 e. The van der Waals surface area contributed by atoms with E-state index in [2.05, 4.69) is 10.6 Å². The summed E-state index contributed by atoms with van der Waals surface area (Å²) in [5.74, 6) is -0.0207. The average molecular weight is 341 g/mol. The molecule has 2 amide bonds. The van der Waals surface area contributed by atoms with Crippen molar-refractivity contribution in [2.75, 3.05) is 6.54 Å². The van der Waals surface area contributed by atoms with Crippen molar-refractivity contribution in [2.45, 2.75) is 37.6 Å². The second-order valence-corrected chi connectivity index (χ2v) is 6.78. The quantitative estimate of drug-likeness (QED) is 0.888. The Balaban J connectivity index is 1.60. The molecule has 1 aliphatic carbocycles. The Morgan fingerprint density at radius 1 is 1.23 bits per heavy atom. The Bertz CT molecular complexity index is 606. The van der Waals surface area contributed by atoms with Crippen LogP contribution in [0.15, 0.2) is 18.2 Å². The summed E-state index contributed by atoms with van der Waals surface area (Å²) in [4.78, 5) is 24.2. The lowest BCUT2D eigenvalue weighted by atomic mass is 10.1. The summed E-state index contributed by atoms with van der Waals surface area (Å²) in [5, 5.41) is 6.74. The SMILES string of the molecule is O=C1NCCCC[C@@H]1NC(=O)[C@H]1C[C@H]1c1ccc(Cl)c(Cl)c1. The molecule has 2 N–H and O–H groups in total. The molecule has 1 aromatic carbocycles. The molecule has 1 aromatic rings. The van der Waals surface area contributed by atoms with Gasteiger partial charge < -0.3 is 10.6 Å². The van der Waals surface area contributed by atoms with E-state index >= 15 is 0 Å². The molecule has 1 saturated heterocycles. The molecule has 0 unspecified atom stereocenters. The Hall–Kier alpha value is -1.26. The Labute approximate surface area is 139 Å². The zero-order valence-corrected chi connectivity index (χ0v) is 13.6. The van der Waals surface area contributed by atoms with Gasteiger partial charge in [-0.25, -0.2) is 0 Å². The molecule has 3 atom stereocenters. The second-order valence-electron chi connectivity index (χ2n) is 5.97. The normalized spacial score (nSPS) is 27.7. The molecule has 2 fully saturated rings. The van der Waals surface area contributed by atoms with Crippen LogP contribution in [0, 0.1) is 5.92 Å². The lowest BCUT2D eigenvalue weighted by Crippen LogP contribution is -2.46. The van der Waals surface area contributed by atoms with Crippen LogP contribution in [0.3, 0.4) is 0 Å². The number of hydrogen-bond donors (Lipinski definition) is 2. The Morgan fingerprint density at radius 2 is 2.05 bits per heavy atom. The van der Waals surface area contributed by atoms with Crippen LogP contribution in [0.25, 0.3) is 0 Å². The predicted molar refractivity (Wildman–Crippen MR) is 86.1 cm³/mol.